The fourth-order valence-corrected chi connectivity index (χ4v) is 4.01. The van der Waals surface area contributed by atoms with Gasteiger partial charge in [0.1, 0.15) is 12.6 Å². The molecule has 1 saturated carbocycles. The summed E-state index contributed by atoms with van der Waals surface area (Å²) >= 11 is 0. The number of amides is 1. The van der Waals surface area contributed by atoms with Crippen LogP contribution in [-0.2, 0) is 20.9 Å². The number of ether oxygens (including phenoxy) is 2. The third-order valence-electron chi connectivity index (χ3n) is 5.55. The van der Waals surface area contributed by atoms with Gasteiger partial charge in [0, 0.05) is 19.4 Å². The van der Waals surface area contributed by atoms with Crippen LogP contribution < -0.4 is 0 Å². The van der Waals surface area contributed by atoms with Gasteiger partial charge >= 0.3 is 12.1 Å². The molecule has 0 bridgehead atoms. The van der Waals surface area contributed by atoms with Crippen LogP contribution in [0.3, 0.4) is 0 Å². The van der Waals surface area contributed by atoms with Crippen molar-refractivity contribution < 1.29 is 27.8 Å². The van der Waals surface area contributed by atoms with E-state index in [-0.39, 0.29) is 32.6 Å². The van der Waals surface area contributed by atoms with Crippen LogP contribution in [0.25, 0.3) is 0 Å². The lowest BCUT2D eigenvalue weighted by Gasteiger charge is -2.36. The zero-order valence-electron chi connectivity index (χ0n) is 15.5. The number of hydrogen-bond donors (Lipinski definition) is 0. The molecule has 2 fully saturated rings. The fraction of sp³-hybridized carbons (Fsp3) is 0.600. The van der Waals surface area contributed by atoms with Crippen molar-refractivity contribution in [1.82, 2.24) is 4.90 Å². The van der Waals surface area contributed by atoms with Gasteiger partial charge in [-0.3, -0.25) is 4.90 Å². The predicted molar refractivity (Wildman–Crippen MR) is 94.2 cm³/mol. The van der Waals surface area contributed by atoms with Gasteiger partial charge in [-0.2, -0.15) is 0 Å². The average molecular weight is 381 g/mol. The minimum atomic E-state index is -2.66. The third-order valence-corrected chi connectivity index (χ3v) is 5.55. The van der Waals surface area contributed by atoms with E-state index in [0.29, 0.717) is 19.3 Å². The van der Waals surface area contributed by atoms with E-state index in [2.05, 4.69) is 0 Å². The smallest absolute Gasteiger partial charge is 0.410 e. The molecule has 1 aromatic rings. The average Bonchev–Trinajstić information content (AvgIpc) is 3.04. The Morgan fingerprint density at radius 1 is 1.11 bits per heavy atom. The highest BCUT2D eigenvalue weighted by Crippen LogP contribution is 2.50. The van der Waals surface area contributed by atoms with Gasteiger partial charge in [-0.05, 0) is 37.2 Å². The number of alkyl halides is 2. The summed E-state index contributed by atoms with van der Waals surface area (Å²) in [7, 11) is 0. The molecule has 27 heavy (non-hydrogen) atoms. The van der Waals surface area contributed by atoms with Crippen LogP contribution in [0.15, 0.2) is 30.3 Å². The van der Waals surface area contributed by atoms with Gasteiger partial charge in [0.05, 0.1) is 6.61 Å². The van der Waals surface area contributed by atoms with Gasteiger partial charge < -0.3 is 9.47 Å². The number of benzene rings is 1. The molecule has 0 unspecified atom stereocenters. The van der Waals surface area contributed by atoms with Gasteiger partial charge in [0.25, 0.3) is 0 Å². The lowest BCUT2D eigenvalue weighted by molar-refractivity contribution is -0.148. The van der Waals surface area contributed by atoms with Crippen molar-refractivity contribution in [3.8, 4) is 0 Å². The van der Waals surface area contributed by atoms with E-state index in [1.54, 1.807) is 6.92 Å². The van der Waals surface area contributed by atoms with Gasteiger partial charge in [0.2, 0.25) is 5.92 Å². The highest BCUT2D eigenvalue weighted by molar-refractivity contribution is 5.82. The molecule has 0 radical (unpaired) electrons. The maximum atomic E-state index is 13.6. The highest BCUT2D eigenvalue weighted by Gasteiger charge is 2.53. The number of nitrogens with zero attached hydrogens (tertiary/aromatic N) is 1. The Balaban J connectivity index is 1.70. The number of hydrogen-bond acceptors (Lipinski definition) is 4. The Hall–Kier alpha value is -2.18. The molecule has 1 aliphatic carbocycles. The number of rotatable bonds is 4. The van der Waals surface area contributed by atoms with E-state index < -0.39 is 29.4 Å². The normalized spacial score (nSPS) is 23.2. The van der Waals surface area contributed by atoms with Crippen LogP contribution in [0, 0.1) is 5.41 Å². The Kier molecular flexibility index (Phi) is 5.67. The second-order valence-electron chi connectivity index (χ2n) is 7.50. The first kappa shape index (κ1) is 19.6. The molecule has 1 spiro atoms. The fourth-order valence-electron chi connectivity index (χ4n) is 4.01. The van der Waals surface area contributed by atoms with Crippen molar-refractivity contribution in [1.29, 1.82) is 0 Å². The van der Waals surface area contributed by atoms with Crippen molar-refractivity contribution in [3.05, 3.63) is 35.9 Å². The number of esters is 1. The van der Waals surface area contributed by atoms with Crippen molar-refractivity contribution in [2.75, 3.05) is 13.2 Å². The number of carbonyl (C=O) groups is 2. The third kappa shape index (κ3) is 4.57. The molecule has 148 valence electrons. The number of halogens is 2. The van der Waals surface area contributed by atoms with Gasteiger partial charge in [0.15, 0.2) is 0 Å². The van der Waals surface area contributed by atoms with Crippen molar-refractivity contribution in [3.63, 3.8) is 0 Å². The largest absolute Gasteiger partial charge is 0.464 e. The molecule has 1 aliphatic heterocycles. The summed E-state index contributed by atoms with van der Waals surface area (Å²) in [6.07, 6.45) is -0.101. The summed E-state index contributed by atoms with van der Waals surface area (Å²) in [4.78, 5) is 26.4. The number of carbonyl (C=O) groups excluding carboxylic acids is 2. The predicted octanol–water partition coefficient (Wildman–Crippen LogP) is 4.16. The van der Waals surface area contributed by atoms with Crippen LogP contribution in [0.2, 0.25) is 0 Å². The van der Waals surface area contributed by atoms with Crippen molar-refractivity contribution in [2.45, 2.75) is 57.6 Å². The molecule has 3 rings (SSSR count). The Labute approximate surface area is 157 Å². The molecule has 0 N–H and O–H groups in total. The molecule has 5 nitrogen and oxygen atoms in total. The highest BCUT2D eigenvalue weighted by atomic mass is 19.3. The number of likely N-dealkylation sites (tertiary alicyclic amines) is 1. The monoisotopic (exact) mass is 381 g/mol. The van der Waals surface area contributed by atoms with Crippen LogP contribution >= 0.6 is 0 Å². The maximum absolute atomic E-state index is 13.6. The van der Waals surface area contributed by atoms with E-state index in [9.17, 15) is 18.4 Å². The SMILES string of the molecule is CCOC(=O)[C@@H]1CC2(CCC(F)(F)CC2)CN1C(=O)OCc1ccccc1. The maximum Gasteiger partial charge on any atom is 0.410 e. The summed E-state index contributed by atoms with van der Waals surface area (Å²) in [5.41, 5.74) is 0.370. The molecule has 1 heterocycles. The minimum Gasteiger partial charge on any atom is -0.464 e. The van der Waals surface area contributed by atoms with Gasteiger partial charge in [-0.1, -0.05) is 30.3 Å². The van der Waals surface area contributed by atoms with Crippen LogP contribution in [-0.4, -0.2) is 42.1 Å². The van der Waals surface area contributed by atoms with Crippen LogP contribution in [0.5, 0.6) is 0 Å². The zero-order valence-corrected chi connectivity index (χ0v) is 15.5. The first-order valence-corrected chi connectivity index (χ1v) is 9.36. The van der Waals surface area contributed by atoms with Crippen LogP contribution in [0.1, 0.15) is 44.6 Å². The quantitative estimate of drug-likeness (QED) is 0.735. The summed E-state index contributed by atoms with van der Waals surface area (Å²) in [6, 6.07) is 8.45. The van der Waals surface area contributed by atoms with E-state index in [4.69, 9.17) is 9.47 Å². The molecule has 1 amide bonds. The Bertz CT molecular complexity index is 670. The molecule has 1 atom stereocenters. The Morgan fingerprint density at radius 2 is 1.78 bits per heavy atom. The summed E-state index contributed by atoms with van der Waals surface area (Å²) in [6.45, 7) is 2.24. The van der Waals surface area contributed by atoms with Gasteiger partial charge in [-0.25, -0.2) is 18.4 Å². The second-order valence-corrected chi connectivity index (χ2v) is 7.50. The van der Waals surface area contributed by atoms with E-state index in [1.165, 1.54) is 4.90 Å². The molecule has 0 aromatic heterocycles. The summed E-state index contributed by atoms with van der Waals surface area (Å²) in [5, 5.41) is 0. The van der Waals surface area contributed by atoms with E-state index in [1.807, 2.05) is 30.3 Å². The topological polar surface area (TPSA) is 55.8 Å². The van der Waals surface area contributed by atoms with Crippen LogP contribution in [0.4, 0.5) is 13.6 Å². The summed E-state index contributed by atoms with van der Waals surface area (Å²) < 4.78 is 37.7. The second kappa shape index (κ2) is 7.82. The van der Waals surface area contributed by atoms with Crippen molar-refractivity contribution >= 4 is 12.1 Å². The standard InChI is InChI=1S/C20H25F2NO4/c1-2-26-17(24)16-12-19(8-10-20(21,22)11-9-19)14-23(16)18(25)27-13-15-6-4-3-5-7-15/h3-7,16H,2,8-14H2,1H3/t16-/m0/s1. The van der Waals surface area contributed by atoms with E-state index >= 15 is 0 Å². The molecule has 1 aromatic carbocycles. The lowest BCUT2D eigenvalue weighted by Crippen LogP contribution is -2.42. The molecule has 1 saturated heterocycles. The van der Waals surface area contributed by atoms with Crippen molar-refractivity contribution in [2.24, 2.45) is 5.41 Å². The Morgan fingerprint density at radius 3 is 2.41 bits per heavy atom. The molecule has 2 aliphatic rings. The molecular formula is C20H25F2NO4. The first-order valence-electron chi connectivity index (χ1n) is 9.36. The lowest BCUT2D eigenvalue weighted by atomic mass is 9.71. The first-order chi connectivity index (χ1) is 12.8. The van der Waals surface area contributed by atoms with E-state index in [0.717, 1.165) is 5.56 Å². The minimum absolute atomic E-state index is 0.0940. The summed E-state index contributed by atoms with van der Waals surface area (Å²) in [5.74, 6) is -3.16. The molecule has 7 heteroatoms. The zero-order chi connectivity index (χ0) is 19.5. The molecular weight excluding hydrogens is 356 g/mol. The van der Waals surface area contributed by atoms with Gasteiger partial charge in [-0.15, -0.1) is 0 Å².